The van der Waals surface area contributed by atoms with Crippen LogP contribution in [0.3, 0.4) is 0 Å². The third-order valence-corrected chi connectivity index (χ3v) is 4.41. The summed E-state index contributed by atoms with van der Waals surface area (Å²) >= 11 is 0. The van der Waals surface area contributed by atoms with Gasteiger partial charge in [0.1, 0.15) is 10.1 Å². The molecular weight excluding hydrogens is 311 g/mol. The molecule has 0 aromatic heterocycles. The maximum Gasteiger partial charge on any atom is 1.00 e. The van der Waals surface area contributed by atoms with E-state index in [2.05, 4.69) is 6.92 Å². The summed E-state index contributed by atoms with van der Waals surface area (Å²) in [6, 6.07) is 9.34. The van der Waals surface area contributed by atoms with Crippen LogP contribution in [-0.2, 0) is 23.0 Å². The standard InChI is InChI=1S/C16H20O3S.K/c1-3-5-12-7-10-15-14(11-12)9-8-13(6-4-2)16(15)20(17,18)19;/h7-11H,3-6H2,1-2H3,(H,17,18,19);/q;+1/p-1. The third kappa shape index (κ3) is 4.61. The van der Waals surface area contributed by atoms with Crippen LogP contribution in [0.5, 0.6) is 0 Å². The zero-order valence-corrected chi connectivity index (χ0v) is 16.8. The third-order valence-electron chi connectivity index (χ3n) is 3.42. The average molecular weight is 330 g/mol. The molecule has 2 aromatic carbocycles. The van der Waals surface area contributed by atoms with Gasteiger partial charge >= 0.3 is 51.4 Å². The molecule has 0 heterocycles. The molecule has 108 valence electrons. The Morgan fingerprint density at radius 2 is 1.67 bits per heavy atom. The van der Waals surface area contributed by atoms with Crippen LogP contribution in [0.25, 0.3) is 10.8 Å². The van der Waals surface area contributed by atoms with Gasteiger partial charge in [-0.1, -0.05) is 57.0 Å². The maximum atomic E-state index is 11.6. The van der Waals surface area contributed by atoms with E-state index in [9.17, 15) is 13.0 Å². The predicted octanol–water partition coefficient (Wildman–Crippen LogP) is 0.653. The molecule has 0 bridgehead atoms. The van der Waals surface area contributed by atoms with Crippen molar-refractivity contribution in [2.75, 3.05) is 0 Å². The summed E-state index contributed by atoms with van der Waals surface area (Å²) in [6.45, 7) is 4.07. The minimum absolute atomic E-state index is 0. The molecule has 0 saturated carbocycles. The van der Waals surface area contributed by atoms with E-state index in [4.69, 9.17) is 0 Å². The summed E-state index contributed by atoms with van der Waals surface area (Å²) in [7, 11) is -4.46. The fourth-order valence-corrected chi connectivity index (χ4v) is 3.55. The predicted molar refractivity (Wildman–Crippen MR) is 79.9 cm³/mol. The van der Waals surface area contributed by atoms with Crippen molar-refractivity contribution in [3.63, 3.8) is 0 Å². The molecule has 0 aliphatic heterocycles. The van der Waals surface area contributed by atoms with Crippen LogP contribution in [-0.4, -0.2) is 13.0 Å². The van der Waals surface area contributed by atoms with Crippen LogP contribution in [0.1, 0.15) is 37.8 Å². The van der Waals surface area contributed by atoms with Gasteiger partial charge in [0.05, 0.1) is 4.90 Å². The van der Waals surface area contributed by atoms with E-state index in [0.29, 0.717) is 17.4 Å². The Morgan fingerprint density at radius 1 is 1.00 bits per heavy atom. The molecule has 0 amide bonds. The molecule has 0 N–H and O–H groups in total. The molecular formula is C16H19KO3S. The van der Waals surface area contributed by atoms with Gasteiger partial charge in [-0.15, -0.1) is 0 Å². The first kappa shape index (κ1) is 19.3. The van der Waals surface area contributed by atoms with Crippen molar-refractivity contribution in [2.24, 2.45) is 0 Å². The molecule has 0 atom stereocenters. The summed E-state index contributed by atoms with van der Waals surface area (Å²) < 4.78 is 34.8. The Balaban J connectivity index is 0.00000220. The second-order valence-electron chi connectivity index (χ2n) is 5.06. The summed E-state index contributed by atoms with van der Waals surface area (Å²) in [5.41, 5.74) is 1.79. The molecule has 2 aromatic rings. The van der Waals surface area contributed by atoms with E-state index >= 15 is 0 Å². The molecule has 3 nitrogen and oxygen atoms in total. The number of hydrogen-bond donors (Lipinski definition) is 0. The quantitative estimate of drug-likeness (QED) is 0.597. The van der Waals surface area contributed by atoms with E-state index < -0.39 is 10.1 Å². The monoisotopic (exact) mass is 330 g/mol. The van der Waals surface area contributed by atoms with Crippen LogP contribution >= 0.6 is 0 Å². The SMILES string of the molecule is CCCc1ccc2c(S(=O)(=O)[O-])c(CCC)ccc2c1.[K+]. The largest absolute Gasteiger partial charge is 1.00 e. The first-order valence-electron chi connectivity index (χ1n) is 6.97. The average Bonchev–Trinajstić information content (AvgIpc) is 2.38. The molecule has 0 spiro atoms. The van der Waals surface area contributed by atoms with E-state index in [0.717, 1.165) is 30.2 Å². The molecule has 0 fully saturated rings. The molecule has 21 heavy (non-hydrogen) atoms. The van der Waals surface area contributed by atoms with Crippen molar-refractivity contribution in [2.45, 2.75) is 44.4 Å². The van der Waals surface area contributed by atoms with Crippen molar-refractivity contribution < 1.29 is 64.4 Å². The summed E-state index contributed by atoms with van der Waals surface area (Å²) in [6.07, 6.45) is 3.39. The molecule has 0 aliphatic carbocycles. The van der Waals surface area contributed by atoms with Crippen LogP contribution in [0.2, 0.25) is 0 Å². The van der Waals surface area contributed by atoms with Gasteiger partial charge in [0, 0.05) is 0 Å². The topological polar surface area (TPSA) is 57.2 Å². The normalized spacial score (nSPS) is 11.4. The Kier molecular flexibility index (Phi) is 7.53. The van der Waals surface area contributed by atoms with Crippen molar-refractivity contribution in [3.8, 4) is 0 Å². The Hall–Kier alpha value is 0.246. The fourth-order valence-electron chi connectivity index (χ4n) is 2.60. The van der Waals surface area contributed by atoms with Gasteiger partial charge < -0.3 is 4.55 Å². The second-order valence-corrected chi connectivity index (χ2v) is 6.38. The summed E-state index contributed by atoms with van der Waals surface area (Å²) in [5.74, 6) is 0. The minimum Gasteiger partial charge on any atom is -0.744 e. The zero-order chi connectivity index (χ0) is 14.8. The van der Waals surface area contributed by atoms with Gasteiger partial charge in [0.15, 0.2) is 0 Å². The number of benzene rings is 2. The fraction of sp³-hybridized carbons (Fsp3) is 0.375. The van der Waals surface area contributed by atoms with Crippen LogP contribution < -0.4 is 51.4 Å². The van der Waals surface area contributed by atoms with Gasteiger partial charge in [-0.2, -0.15) is 0 Å². The molecule has 5 heteroatoms. The van der Waals surface area contributed by atoms with Crippen LogP contribution in [0.4, 0.5) is 0 Å². The van der Waals surface area contributed by atoms with Crippen molar-refractivity contribution in [3.05, 3.63) is 41.5 Å². The van der Waals surface area contributed by atoms with Crippen molar-refractivity contribution in [1.29, 1.82) is 0 Å². The Morgan fingerprint density at radius 3 is 2.24 bits per heavy atom. The molecule has 0 saturated heterocycles. The number of rotatable bonds is 5. The summed E-state index contributed by atoms with van der Waals surface area (Å²) in [4.78, 5) is -0.0418. The van der Waals surface area contributed by atoms with Crippen LogP contribution in [0.15, 0.2) is 35.2 Å². The van der Waals surface area contributed by atoms with Gasteiger partial charge in [0.25, 0.3) is 0 Å². The van der Waals surface area contributed by atoms with E-state index in [-0.39, 0.29) is 56.3 Å². The first-order valence-corrected chi connectivity index (χ1v) is 8.38. The van der Waals surface area contributed by atoms with Crippen molar-refractivity contribution >= 4 is 20.9 Å². The van der Waals surface area contributed by atoms with Crippen molar-refractivity contribution in [1.82, 2.24) is 0 Å². The van der Waals surface area contributed by atoms with Gasteiger partial charge in [-0.25, -0.2) is 8.42 Å². The number of fused-ring (bicyclic) bond motifs is 1. The zero-order valence-electron chi connectivity index (χ0n) is 12.8. The van der Waals surface area contributed by atoms with E-state index in [1.165, 1.54) is 0 Å². The first-order chi connectivity index (χ1) is 9.47. The minimum atomic E-state index is -4.46. The van der Waals surface area contributed by atoms with Gasteiger partial charge in [-0.05, 0) is 34.7 Å². The van der Waals surface area contributed by atoms with E-state index in [1.54, 1.807) is 12.1 Å². The number of aryl methyl sites for hydroxylation is 2. The molecule has 2 rings (SSSR count). The Bertz CT molecular complexity index is 724. The van der Waals surface area contributed by atoms with E-state index in [1.807, 2.05) is 25.1 Å². The molecule has 0 unspecified atom stereocenters. The summed E-state index contributed by atoms with van der Waals surface area (Å²) in [5, 5.41) is 1.37. The maximum absolute atomic E-state index is 11.6. The molecule has 0 aliphatic rings. The smallest absolute Gasteiger partial charge is 0.744 e. The molecule has 0 radical (unpaired) electrons. The van der Waals surface area contributed by atoms with Crippen LogP contribution in [0, 0.1) is 0 Å². The second kappa shape index (κ2) is 8.20. The number of hydrogen-bond acceptors (Lipinski definition) is 3. The Labute approximate surface area is 169 Å². The van der Waals surface area contributed by atoms with Gasteiger partial charge in [0.2, 0.25) is 0 Å². The van der Waals surface area contributed by atoms with Gasteiger partial charge in [-0.3, -0.25) is 0 Å².